The summed E-state index contributed by atoms with van der Waals surface area (Å²) in [6, 6.07) is 16.8. The van der Waals surface area contributed by atoms with E-state index in [-0.39, 0.29) is 18.1 Å². The van der Waals surface area contributed by atoms with E-state index in [1.807, 2.05) is 11.0 Å². The number of hydrogen-bond donors (Lipinski definition) is 0. The standard InChI is InChI=1S/C23H26N2O2S2/c1-16-21(24-23(27-16)18-7-9-20(28-2)10-8-18)14-29-15-22(26)25-12-11-17-5-3-4-6-19(17)13-25/h3-10,16,21H,11-15H2,1-2H3. The highest BCUT2D eigenvalue weighted by molar-refractivity contribution is 8.00. The quantitative estimate of drug-likeness (QED) is 0.647. The fourth-order valence-corrected chi connectivity index (χ4v) is 5.13. The van der Waals surface area contributed by atoms with Crippen LogP contribution in [0.15, 0.2) is 58.4 Å². The van der Waals surface area contributed by atoms with E-state index in [2.05, 4.69) is 55.6 Å². The molecule has 0 fully saturated rings. The molecule has 2 aliphatic heterocycles. The summed E-state index contributed by atoms with van der Waals surface area (Å²) in [6.45, 7) is 3.60. The molecule has 2 aromatic carbocycles. The van der Waals surface area contributed by atoms with Crippen LogP contribution >= 0.6 is 23.5 Å². The molecule has 2 atom stereocenters. The van der Waals surface area contributed by atoms with Crippen molar-refractivity contribution >= 4 is 35.3 Å². The Balaban J connectivity index is 1.29. The second kappa shape index (κ2) is 9.26. The first-order chi connectivity index (χ1) is 14.1. The van der Waals surface area contributed by atoms with E-state index >= 15 is 0 Å². The van der Waals surface area contributed by atoms with Gasteiger partial charge in [0.2, 0.25) is 11.8 Å². The largest absolute Gasteiger partial charge is 0.472 e. The van der Waals surface area contributed by atoms with Crippen LogP contribution in [0.2, 0.25) is 0 Å². The van der Waals surface area contributed by atoms with Gasteiger partial charge in [-0.1, -0.05) is 24.3 Å². The molecule has 0 spiro atoms. The predicted molar refractivity (Wildman–Crippen MR) is 122 cm³/mol. The van der Waals surface area contributed by atoms with E-state index in [0.29, 0.717) is 5.75 Å². The van der Waals surface area contributed by atoms with Gasteiger partial charge in [0.05, 0.1) is 11.8 Å². The molecule has 152 valence electrons. The second-order valence-corrected chi connectivity index (χ2v) is 9.31. The van der Waals surface area contributed by atoms with Crippen LogP contribution in [0.25, 0.3) is 0 Å². The smallest absolute Gasteiger partial charge is 0.232 e. The molecule has 0 saturated heterocycles. The van der Waals surface area contributed by atoms with Crippen LogP contribution in [0.1, 0.15) is 23.6 Å². The molecule has 2 aliphatic rings. The van der Waals surface area contributed by atoms with Crippen molar-refractivity contribution in [2.45, 2.75) is 36.9 Å². The third-order valence-electron chi connectivity index (χ3n) is 5.46. The van der Waals surface area contributed by atoms with Gasteiger partial charge in [-0.25, -0.2) is 4.99 Å². The maximum Gasteiger partial charge on any atom is 0.232 e. The molecule has 1 amide bonds. The average Bonchev–Trinajstić information content (AvgIpc) is 3.14. The van der Waals surface area contributed by atoms with Gasteiger partial charge in [-0.05, 0) is 55.0 Å². The highest BCUT2D eigenvalue weighted by atomic mass is 32.2. The summed E-state index contributed by atoms with van der Waals surface area (Å²) in [5.41, 5.74) is 3.66. The van der Waals surface area contributed by atoms with E-state index in [1.54, 1.807) is 23.5 Å². The number of nitrogens with zero attached hydrogens (tertiary/aromatic N) is 2. The van der Waals surface area contributed by atoms with Crippen molar-refractivity contribution in [1.29, 1.82) is 0 Å². The fraction of sp³-hybridized carbons (Fsp3) is 0.391. The number of thioether (sulfide) groups is 2. The lowest BCUT2D eigenvalue weighted by molar-refractivity contribution is -0.129. The van der Waals surface area contributed by atoms with E-state index in [0.717, 1.165) is 36.7 Å². The van der Waals surface area contributed by atoms with Crippen LogP contribution in [-0.4, -0.2) is 53.2 Å². The molecule has 0 aromatic heterocycles. The number of fused-ring (bicyclic) bond motifs is 1. The summed E-state index contributed by atoms with van der Waals surface area (Å²) in [4.78, 5) is 20.6. The molecule has 29 heavy (non-hydrogen) atoms. The molecule has 4 nitrogen and oxygen atoms in total. The summed E-state index contributed by atoms with van der Waals surface area (Å²) in [5, 5.41) is 0. The zero-order valence-electron chi connectivity index (χ0n) is 16.8. The number of ether oxygens (including phenoxy) is 1. The van der Waals surface area contributed by atoms with Crippen LogP contribution in [0.3, 0.4) is 0 Å². The van der Waals surface area contributed by atoms with Crippen molar-refractivity contribution in [1.82, 2.24) is 4.90 Å². The number of carbonyl (C=O) groups excluding carboxylic acids is 1. The van der Waals surface area contributed by atoms with Crippen molar-refractivity contribution < 1.29 is 9.53 Å². The Morgan fingerprint density at radius 3 is 2.69 bits per heavy atom. The van der Waals surface area contributed by atoms with E-state index < -0.39 is 0 Å². The van der Waals surface area contributed by atoms with E-state index in [4.69, 9.17) is 9.73 Å². The Kier molecular flexibility index (Phi) is 6.50. The van der Waals surface area contributed by atoms with Crippen molar-refractivity contribution in [2.24, 2.45) is 4.99 Å². The van der Waals surface area contributed by atoms with E-state index in [9.17, 15) is 4.79 Å². The zero-order chi connectivity index (χ0) is 20.2. The van der Waals surface area contributed by atoms with Crippen LogP contribution in [-0.2, 0) is 22.5 Å². The predicted octanol–water partition coefficient (Wildman–Crippen LogP) is 4.26. The van der Waals surface area contributed by atoms with Gasteiger partial charge in [-0.15, -0.1) is 23.5 Å². The number of benzene rings is 2. The molecule has 0 bridgehead atoms. The number of amides is 1. The Hall–Kier alpha value is -1.92. The average molecular weight is 427 g/mol. The van der Waals surface area contributed by atoms with Crippen LogP contribution in [0, 0.1) is 0 Å². The zero-order valence-corrected chi connectivity index (χ0v) is 18.5. The molecule has 6 heteroatoms. The third-order valence-corrected chi connectivity index (χ3v) is 7.23. The Labute approximate surface area is 181 Å². The summed E-state index contributed by atoms with van der Waals surface area (Å²) in [6.07, 6.45) is 3.05. The molecule has 2 unspecified atom stereocenters. The van der Waals surface area contributed by atoms with Gasteiger partial charge in [-0.2, -0.15) is 0 Å². The number of hydrogen-bond acceptors (Lipinski definition) is 5. The number of carbonyl (C=O) groups is 1. The van der Waals surface area contributed by atoms with Gasteiger partial charge in [0.25, 0.3) is 0 Å². The topological polar surface area (TPSA) is 41.9 Å². The molecule has 2 heterocycles. The highest BCUT2D eigenvalue weighted by Crippen LogP contribution is 2.24. The molecule has 4 rings (SSSR count). The van der Waals surface area contributed by atoms with Crippen molar-refractivity contribution in [3.63, 3.8) is 0 Å². The second-order valence-electron chi connectivity index (χ2n) is 7.40. The summed E-state index contributed by atoms with van der Waals surface area (Å²) in [5.74, 6) is 2.23. The lowest BCUT2D eigenvalue weighted by atomic mass is 10.00. The summed E-state index contributed by atoms with van der Waals surface area (Å²) >= 11 is 3.38. The Morgan fingerprint density at radius 2 is 1.93 bits per heavy atom. The minimum atomic E-state index is 0.0368. The van der Waals surface area contributed by atoms with Crippen molar-refractivity contribution in [3.05, 3.63) is 65.2 Å². The monoisotopic (exact) mass is 426 g/mol. The third kappa shape index (κ3) is 4.81. The van der Waals surface area contributed by atoms with Crippen LogP contribution in [0.5, 0.6) is 0 Å². The van der Waals surface area contributed by atoms with Crippen LogP contribution in [0.4, 0.5) is 0 Å². The first-order valence-corrected chi connectivity index (χ1v) is 12.3. The normalized spacial score (nSPS) is 20.8. The van der Waals surface area contributed by atoms with Gasteiger partial charge in [0.1, 0.15) is 6.10 Å². The fourth-order valence-electron chi connectivity index (χ4n) is 3.66. The van der Waals surface area contributed by atoms with Gasteiger partial charge < -0.3 is 9.64 Å². The molecule has 2 aromatic rings. The lowest BCUT2D eigenvalue weighted by Gasteiger charge is -2.29. The summed E-state index contributed by atoms with van der Waals surface area (Å²) in [7, 11) is 0. The lowest BCUT2D eigenvalue weighted by Crippen LogP contribution is -2.37. The Bertz CT molecular complexity index is 898. The Morgan fingerprint density at radius 1 is 1.17 bits per heavy atom. The first kappa shape index (κ1) is 20.4. The highest BCUT2D eigenvalue weighted by Gasteiger charge is 2.28. The first-order valence-electron chi connectivity index (χ1n) is 9.95. The SMILES string of the molecule is CSc1ccc(C2=NC(CSCC(=O)N3CCc4ccccc4C3)C(C)O2)cc1. The minimum absolute atomic E-state index is 0.0368. The maximum atomic E-state index is 12.6. The van der Waals surface area contributed by atoms with Crippen molar-refractivity contribution in [2.75, 3.05) is 24.3 Å². The van der Waals surface area contributed by atoms with Gasteiger partial charge in [0.15, 0.2) is 0 Å². The van der Waals surface area contributed by atoms with Crippen molar-refractivity contribution in [3.8, 4) is 0 Å². The molecule has 0 radical (unpaired) electrons. The molecular formula is C23H26N2O2S2. The minimum Gasteiger partial charge on any atom is -0.472 e. The molecular weight excluding hydrogens is 400 g/mol. The van der Waals surface area contributed by atoms with Crippen LogP contribution < -0.4 is 0 Å². The molecule has 0 saturated carbocycles. The maximum absolute atomic E-state index is 12.6. The van der Waals surface area contributed by atoms with Gasteiger partial charge in [-0.3, -0.25) is 4.79 Å². The summed E-state index contributed by atoms with van der Waals surface area (Å²) < 4.78 is 5.98. The van der Waals surface area contributed by atoms with Gasteiger partial charge in [0, 0.05) is 29.3 Å². The van der Waals surface area contributed by atoms with Gasteiger partial charge >= 0.3 is 0 Å². The van der Waals surface area contributed by atoms with E-state index in [1.165, 1.54) is 16.0 Å². The molecule has 0 aliphatic carbocycles. The number of rotatable bonds is 6. The number of aliphatic imine (C=N–C) groups is 1. The molecule has 0 N–H and O–H groups in total.